The summed E-state index contributed by atoms with van der Waals surface area (Å²) in [5, 5.41) is 4.09. The molecule has 1 amide bonds. The molecule has 1 saturated heterocycles. The Bertz CT molecular complexity index is 856. The number of carbonyl (C=O) groups excluding carboxylic acids is 1. The van der Waals surface area contributed by atoms with Crippen LogP contribution in [-0.4, -0.2) is 39.0 Å². The fraction of sp³-hybridized carbons (Fsp3) is 0.294. The van der Waals surface area contributed by atoms with Gasteiger partial charge in [-0.05, 0) is 25.5 Å². The Kier molecular flexibility index (Phi) is 3.60. The Balaban J connectivity index is 1.49. The van der Waals surface area contributed by atoms with Gasteiger partial charge in [0.2, 0.25) is 5.76 Å². The Labute approximate surface area is 138 Å². The van der Waals surface area contributed by atoms with Crippen LogP contribution < -0.4 is 0 Å². The molecule has 7 heteroatoms. The molecule has 1 atom stereocenters. The summed E-state index contributed by atoms with van der Waals surface area (Å²) in [6, 6.07) is 9.64. The van der Waals surface area contributed by atoms with E-state index in [0.29, 0.717) is 36.3 Å². The van der Waals surface area contributed by atoms with E-state index in [1.807, 2.05) is 30.3 Å². The second-order valence-electron chi connectivity index (χ2n) is 5.83. The van der Waals surface area contributed by atoms with Gasteiger partial charge < -0.3 is 13.8 Å². The molecule has 0 spiro atoms. The first-order chi connectivity index (χ1) is 11.7. The molecule has 4 rings (SSSR count). The number of nitrogens with zero attached hydrogens (tertiary/aromatic N) is 4. The molecule has 122 valence electrons. The lowest BCUT2D eigenvalue weighted by atomic mass is 10.1. The summed E-state index contributed by atoms with van der Waals surface area (Å²) in [4.78, 5) is 22.7. The molecule has 1 aromatic carbocycles. The lowest BCUT2D eigenvalue weighted by Gasteiger charge is -2.14. The summed E-state index contributed by atoms with van der Waals surface area (Å²) in [5.74, 6) is 1.37. The number of benzene rings is 1. The maximum atomic E-state index is 12.5. The first-order valence-corrected chi connectivity index (χ1v) is 7.81. The molecule has 0 saturated carbocycles. The van der Waals surface area contributed by atoms with Gasteiger partial charge in [0.1, 0.15) is 0 Å². The first-order valence-electron chi connectivity index (χ1n) is 7.81. The summed E-state index contributed by atoms with van der Waals surface area (Å²) in [5.41, 5.74) is 1.49. The molecule has 0 aliphatic carbocycles. The fourth-order valence-corrected chi connectivity index (χ4v) is 2.90. The molecule has 24 heavy (non-hydrogen) atoms. The monoisotopic (exact) mass is 324 g/mol. The summed E-state index contributed by atoms with van der Waals surface area (Å²) in [6.07, 6.45) is 2.09. The average Bonchev–Trinajstić information content (AvgIpc) is 3.35. The summed E-state index contributed by atoms with van der Waals surface area (Å²) >= 11 is 0. The molecule has 3 aromatic rings. The molecular formula is C17H16N4O3. The number of carbonyl (C=O) groups is 1. The Morgan fingerprint density at radius 1 is 1.29 bits per heavy atom. The molecule has 7 nitrogen and oxygen atoms in total. The molecule has 1 aliphatic heterocycles. The third-order valence-electron chi connectivity index (χ3n) is 4.24. The molecule has 3 heterocycles. The predicted molar refractivity (Wildman–Crippen MR) is 84.2 cm³/mol. The molecule has 2 aromatic heterocycles. The fourth-order valence-electron chi connectivity index (χ4n) is 2.90. The van der Waals surface area contributed by atoms with Gasteiger partial charge in [-0.2, -0.15) is 4.98 Å². The van der Waals surface area contributed by atoms with Crippen molar-refractivity contribution in [3.8, 4) is 11.5 Å². The highest BCUT2D eigenvalue weighted by Gasteiger charge is 2.33. The molecular weight excluding hydrogens is 308 g/mol. The lowest BCUT2D eigenvalue weighted by Crippen LogP contribution is -2.28. The van der Waals surface area contributed by atoms with E-state index in [2.05, 4.69) is 15.1 Å². The summed E-state index contributed by atoms with van der Waals surface area (Å²) in [6.45, 7) is 2.95. The van der Waals surface area contributed by atoms with Gasteiger partial charge in [0.15, 0.2) is 12.2 Å². The van der Waals surface area contributed by atoms with Gasteiger partial charge in [-0.1, -0.05) is 23.4 Å². The zero-order valence-electron chi connectivity index (χ0n) is 13.2. The van der Waals surface area contributed by atoms with Crippen LogP contribution in [0.25, 0.3) is 11.5 Å². The van der Waals surface area contributed by atoms with Crippen LogP contribution in [0.5, 0.6) is 0 Å². The largest absolute Gasteiger partial charge is 0.438 e. The van der Waals surface area contributed by atoms with Crippen molar-refractivity contribution in [2.75, 3.05) is 13.1 Å². The van der Waals surface area contributed by atoms with Gasteiger partial charge in [0.25, 0.3) is 11.8 Å². The molecule has 1 aliphatic rings. The van der Waals surface area contributed by atoms with Gasteiger partial charge in [-0.15, -0.1) is 0 Å². The summed E-state index contributed by atoms with van der Waals surface area (Å²) in [7, 11) is 0. The molecule has 0 bridgehead atoms. The van der Waals surface area contributed by atoms with Crippen molar-refractivity contribution < 1.29 is 13.7 Å². The van der Waals surface area contributed by atoms with Crippen LogP contribution in [0.2, 0.25) is 0 Å². The van der Waals surface area contributed by atoms with Crippen LogP contribution in [0, 0.1) is 6.92 Å². The normalized spacial score (nSPS) is 17.4. The average molecular weight is 324 g/mol. The minimum Gasteiger partial charge on any atom is -0.438 e. The second-order valence-corrected chi connectivity index (χ2v) is 5.83. The van der Waals surface area contributed by atoms with E-state index in [-0.39, 0.29) is 11.8 Å². The maximum absolute atomic E-state index is 12.5. The highest BCUT2D eigenvalue weighted by atomic mass is 16.5. The molecule has 0 N–H and O–H groups in total. The molecule has 0 radical (unpaired) electrons. The van der Waals surface area contributed by atoms with Crippen molar-refractivity contribution in [1.29, 1.82) is 0 Å². The zero-order chi connectivity index (χ0) is 16.5. The highest BCUT2D eigenvalue weighted by Crippen LogP contribution is 2.28. The van der Waals surface area contributed by atoms with E-state index < -0.39 is 0 Å². The van der Waals surface area contributed by atoms with Crippen LogP contribution in [0.15, 0.2) is 45.7 Å². The van der Waals surface area contributed by atoms with E-state index in [1.54, 1.807) is 11.8 Å². The number of aryl methyl sites for hydroxylation is 1. The number of amides is 1. The van der Waals surface area contributed by atoms with Crippen LogP contribution in [-0.2, 0) is 0 Å². The predicted octanol–water partition coefficient (Wildman–Crippen LogP) is 2.66. The Morgan fingerprint density at radius 3 is 2.88 bits per heavy atom. The Morgan fingerprint density at radius 2 is 2.12 bits per heavy atom. The third kappa shape index (κ3) is 2.58. The van der Waals surface area contributed by atoms with Crippen LogP contribution in [0.4, 0.5) is 0 Å². The molecule has 1 fully saturated rings. The zero-order valence-corrected chi connectivity index (χ0v) is 13.2. The number of aromatic nitrogens is 3. The van der Waals surface area contributed by atoms with Crippen molar-refractivity contribution in [2.45, 2.75) is 19.3 Å². The lowest BCUT2D eigenvalue weighted by molar-refractivity contribution is 0.0758. The van der Waals surface area contributed by atoms with E-state index in [9.17, 15) is 4.79 Å². The van der Waals surface area contributed by atoms with Gasteiger partial charge in [0.05, 0.1) is 5.69 Å². The standard InChI is InChI=1S/C17H16N4O3/c1-11-14(23-10-18-11)17(22)21-8-7-13(9-21)15-19-16(24-20-15)12-5-3-2-4-6-12/h2-6,10,13H,7-9H2,1H3. The quantitative estimate of drug-likeness (QED) is 0.736. The highest BCUT2D eigenvalue weighted by molar-refractivity contribution is 5.92. The smallest absolute Gasteiger partial charge is 0.291 e. The minimum atomic E-state index is -0.140. The maximum Gasteiger partial charge on any atom is 0.291 e. The topological polar surface area (TPSA) is 85.3 Å². The minimum absolute atomic E-state index is 0.0680. The van der Waals surface area contributed by atoms with Crippen LogP contribution in [0.3, 0.4) is 0 Å². The van der Waals surface area contributed by atoms with Crippen molar-refractivity contribution in [2.24, 2.45) is 0 Å². The number of hydrogen-bond donors (Lipinski definition) is 0. The van der Waals surface area contributed by atoms with Crippen molar-refractivity contribution in [1.82, 2.24) is 20.0 Å². The number of likely N-dealkylation sites (tertiary alicyclic amines) is 1. The second kappa shape index (κ2) is 5.92. The first kappa shape index (κ1) is 14.6. The van der Waals surface area contributed by atoms with E-state index in [0.717, 1.165) is 12.0 Å². The van der Waals surface area contributed by atoms with Crippen LogP contribution in [0.1, 0.15) is 34.4 Å². The number of rotatable bonds is 3. The van der Waals surface area contributed by atoms with Gasteiger partial charge >= 0.3 is 0 Å². The van der Waals surface area contributed by atoms with E-state index in [1.165, 1.54) is 6.39 Å². The SMILES string of the molecule is Cc1ncoc1C(=O)N1CCC(c2noc(-c3ccccc3)n2)C1. The van der Waals surface area contributed by atoms with E-state index in [4.69, 9.17) is 8.94 Å². The molecule has 1 unspecified atom stereocenters. The van der Waals surface area contributed by atoms with Gasteiger partial charge in [-0.3, -0.25) is 4.79 Å². The number of oxazole rings is 1. The van der Waals surface area contributed by atoms with Crippen molar-refractivity contribution >= 4 is 5.91 Å². The van der Waals surface area contributed by atoms with Gasteiger partial charge in [-0.25, -0.2) is 4.98 Å². The van der Waals surface area contributed by atoms with Gasteiger partial charge in [0, 0.05) is 24.6 Å². The van der Waals surface area contributed by atoms with Crippen LogP contribution >= 0.6 is 0 Å². The summed E-state index contributed by atoms with van der Waals surface area (Å²) < 4.78 is 10.5. The third-order valence-corrected chi connectivity index (χ3v) is 4.24. The number of hydrogen-bond acceptors (Lipinski definition) is 6. The van der Waals surface area contributed by atoms with E-state index >= 15 is 0 Å². The van der Waals surface area contributed by atoms with Crippen molar-refractivity contribution in [3.63, 3.8) is 0 Å². The van der Waals surface area contributed by atoms with Crippen molar-refractivity contribution in [3.05, 3.63) is 54.0 Å². The Hall–Kier alpha value is -2.96.